The first-order valence-corrected chi connectivity index (χ1v) is 6.43. The van der Waals surface area contributed by atoms with Gasteiger partial charge in [0.2, 0.25) is 5.91 Å². The SMILES string of the molecule is O=C1Cc2ccc(C(=O)NCCC3CC3)cc2N1. The molecule has 0 aromatic heterocycles. The lowest BCUT2D eigenvalue weighted by Crippen LogP contribution is -2.24. The summed E-state index contributed by atoms with van der Waals surface area (Å²) in [5.41, 5.74) is 2.36. The van der Waals surface area contributed by atoms with Crippen molar-refractivity contribution in [2.45, 2.75) is 25.7 Å². The van der Waals surface area contributed by atoms with Gasteiger partial charge in [-0.25, -0.2) is 0 Å². The largest absolute Gasteiger partial charge is 0.352 e. The maximum Gasteiger partial charge on any atom is 0.251 e. The number of carbonyl (C=O) groups is 2. The van der Waals surface area contributed by atoms with Crippen LogP contribution in [0.25, 0.3) is 0 Å². The summed E-state index contributed by atoms with van der Waals surface area (Å²) < 4.78 is 0. The molecule has 1 aromatic rings. The average Bonchev–Trinajstić information content (AvgIpc) is 3.08. The van der Waals surface area contributed by atoms with Crippen LogP contribution in [0.1, 0.15) is 35.2 Å². The van der Waals surface area contributed by atoms with E-state index in [9.17, 15) is 9.59 Å². The van der Waals surface area contributed by atoms with Crippen LogP contribution in [0.2, 0.25) is 0 Å². The predicted octanol–water partition coefficient (Wildman–Crippen LogP) is 1.71. The fourth-order valence-corrected chi connectivity index (χ4v) is 2.25. The predicted molar refractivity (Wildman–Crippen MR) is 68.4 cm³/mol. The fourth-order valence-electron chi connectivity index (χ4n) is 2.25. The Labute approximate surface area is 106 Å². The summed E-state index contributed by atoms with van der Waals surface area (Å²) in [5, 5.41) is 5.68. The Balaban J connectivity index is 1.62. The number of carbonyl (C=O) groups excluding carboxylic acids is 2. The lowest BCUT2D eigenvalue weighted by atomic mass is 10.1. The van der Waals surface area contributed by atoms with E-state index >= 15 is 0 Å². The molecule has 0 saturated heterocycles. The molecule has 3 rings (SSSR count). The van der Waals surface area contributed by atoms with E-state index in [0.717, 1.165) is 30.1 Å². The van der Waals surface area contributed by atoms with Gasteiger partial charge in [-0.05, 0) is 30.0 Å². The van der Waals surface area contributed by atoms with Crippen LogP contribution in [0.4, 0.5) is 5.69 Å². The van der Waals surface area contributed by atoms with Crippen LogP contribution in [-0.4, -0.2) is 18.4 Å². The van der Waals surface area contributed by atoms with E-state index < -0.39 is 0 Å². The van der Waals surface area contributed by atoms with Crippen LogP contribution in [-0.2, 0) is 11.2 Å². The summed E-state index contributed by atoms with van der Waals surface area (Å²) in [6, 6.07) is 5.39. The molecular formula is C14H16N2O2. The average molecular weight is 244 g/mol. The molecule has 4 nitrogen and oxygen atoms in total. The zero-order valence-electron chi connectivity index (χ0n) is 10.2. The highest BCUT2D eigenvalue weighted by Gasteiger charge is 2.21. The second-order valence-electron chi connectivity index (χ2n) is 5.08. The molecule has 4 heteroatoms. The van der Waals surface area contributed by atoms with Gasteiger partial charge >= 0.3 is 0 Å². The minimum absolute atomic E-state index is 0.00343. The summed E-state index contributed by atoms with van der Waals surface area (Å²) in [4.78, 5) is 23.1. The van der Waals surface area contributed by atoms with Gasteiger partial charge in [0, 0.05) is 17.8 Å². The van der Waals surface area contributed by atoms with Crippen LogP contribution < -0.4 is 10.6 Å². The monoisotopic (exact) mass is 244 g/mol. The van der Waals surface area contributed by atoms with E-state index in [1.807, 2.05) is 6.07 Å². The quantitative estimate of drug-likeness (QED) is 0.847. The molecule has 94 valence electrons. The molecule has 2 amide bonds. The summed E-state index contributed by atoms with van der Waals surface area (Å²) in [6.07, 6.45) is 4.10. The van der Waals surface area contributed by atoms with Crippen molar-refractivity contribution in [3.63, 3.8) is 0 Å². The van der Waals surface area contributed by atoms with Crippen LogP contribution in [0.3, 0.4) is 0 Å². The topological polar surface area (TPSA) is 58.2 Å². The second-order valence-corrected chi connectivity index (χ2v) is 5.08. The summed E-state index contributed by atoms with van der Waals surface area (Å²) >= 11 is 0. The summed E-state index contributed by atoms with van der Waals surface area (Å²) in [5.74, 6) is 0.764. The van der Waals surface area contributed by atoms with Crippen molar-refractivity contribution < 1.29 is 9.59 Å². The smallest absolute Gasteiger partial charge is 0.251 e. The molecule has 1 heterocycles. The third-order valence-electron chi connectivity index (χ3n) is 3.53. The third-order valence-corrected chi connectivity index (χ3v) is 3.53. The van der Waals surface area contributed by atoms with Crippen LogP contribution in [0.15, 0.2) is 18.2 Å². The molecule has 0 unspecified atom stereocenters. The Kier molecular flexibility index (Phi) is 2.78. The van der Waals surface area contributed by atoms with Crippen molar-refractivity contribution in [1.82, 2.24) is 5.32 Å². The van der Waals surface area contributed by atoms with E-state index in [-0.39, 0.29) is 11.8 Å². The molecule has 1 aromatic carbocycles. The Hall–Kier alpha value is -1.84. The van der Waals surface area contributed by atoms with Crippen molar-refractivity contribution >= 4 is 17.5 Å². The maximum absolute atomic E-state index is 11.9. The second kappa shape index (κ2) is 4.44. The van der Waals surface area contributed by atoms with Crippen LogP contribution in [0, 0.1) is 5.92 Å². The maximum atomic E-state index is 11.9. The highest BCUT2D eigenvalue weighted by molar-refractivity contribution is 6.02. The van der Waals surface area contributed by atoms with Gasteiger partial charge in [-0.3, -0.25) is 9.59 Å². The highest BCUT2D eigenvalue weighted by Crippen LogP contribution is 2.31. The van der Waals surface area contributed by atoms with Gasteiger partial charge in [0.15, 0.2) is 0 Å². The van der Waals surface area contributed by atoms with Crippen LogP contribution in [0.5, 0.6) is 0 Å². The van der Waals surface area contributed by atoms with E-state index in [1.165, 1.54) is 12.8 Å². The number of fused-ring (bicyclic) bond motifs is 1. The molecular weight excluding hydrogens is 228 g/mol. The minimum Gasteiger partial charge on any atom is -0.352 e. The number of rotatable bonds is 4. The Morgan fingerprint density at radius 3 is 3.00 bits per heavy atom. The standard InChI is InChI=1S/C14H16N2O2/c17-13-8-10-3-4-11(7-12(10)16-13)14(18)15-6-5-9-1-2-9/h3-4,7,9H,1-2,5-6,8H2,(H,15,18)(H,16,17). The van der Waals surface area contributed by atoms with Gasteiger partial charge in [0.1, 0.15) is 0 Å². The van der Waals surface area contributed by atoms with Gasteiger partial charge in [-0.1, -0.05) is 18.9 Å². The number of hydrogen-bond acceptors (Lipinski definition) is 2. The van der Waals surface area contributed by atoms with Crippen molar-refractivity contribution in [3.8, 4) is 0 Å². The van der Waals surface area contributed by atoms with Crippen LogP contribution >= 0.6 is 0 Å². The van der Waals surface area contributed by atoms with E-state index in [1.54, 1.807) is 12.1 Å². The van der Waals surface area contributed by atoms with Gasteiger partial charge in [-0.2, -0.15) is 0 Å². The Morgan fingerprint density at radius 2 is 2.22 bits per heavy atom. The molecule has 1 aliphatic heterocycles. The van der Waals surface area contributed by atoms with Gasteiger partial charge in [-0.15, -0.1) is 0 Å². The van der Waals surface area contributed by atoms with Crippen molar-refractivity contribution in [2.24, 2.45) is 5.92 Å². The number of benzene rings is 1. The molecule has 1 fully saturated rings. The van der Waals surface area contributed by atoms with Crippen molar-refractivity contribution in [2.75, 3.05) is 11.9 Å². The molecule has 0 atom stereocenters. The molecule has 1 aliphatic carbocycles. The number of anilines is 1. The van der Waals surface area contributed by atoms with Gasteiger partial charge in [0.05, 0.1) is 6.42 Å². The summed E-state index contributed by atoms with van der Waals surface area (Å²) in [6.45, 7) is 0.743. The Bertz CT molecular complexity index is 507. The Morgan fingerprint density at radius 1 is 1.39 bits per heavy atom. The minimum atomic E-state index is -0.0559. The first-order valence-electron chi connectivity index (χ1n) is 6.43. The van der Waals surface area contributed by atoms with E-state index in [2.05, 4.69) is 10.6 Å². The van der Waals surface area contributed by atoms with E-state index in [0.29, 0.717) is 12.0 Å². The zero-order chi connectivity index (χ0) is 12.5. The normalized spacial score (nSPS) is 17.2. The molecule has 0 bridgehead atoms. The first-order chi connectivity index (χ1) is 8.72. The number of hydrogen-bond donors (Lipinski definition) is 2. The highest BCUT2D eigenvalue weighted by atomic mass is 16.2. The van der Waals surface area contributed by atoms with E-state index in [4.69, 9.17) is 0 Å². The third kappa shape index (κ3) is 2.37. The fraction of sp³-hybridized carbons (Fsp3) is 0.429. The molecule has 1 saturated carbocycles. The lowest BCUT2D eigenvalue weighted by Gasteiger charge is -2.06. The van der Waals surface area contributed by atoms with Gasteiger partial charge in [0.25, 0.3) is 5.91 Å². The van der Waals surface area contributed by atoms with Crippen molar-refractivity contribution in [3.05, 3.63) is 29.3 Å². The lowest BCUT2D eigenvalue weighted by molar-refractivity contribution is -0.115. The number of nitrogens with one attached hydrogen (secondary N) is 2. The van der Waals surface area contributed by atoms with Crippen molar-refractivity contribution in [1.29, 1.82) is 0 Å². The molecule has 18 heavy (non-hydrogen) atoms. The molecule has 2 N–H and O–H groups in total. The molecule has 0 spiro atoms. The number of amides is 2. The first kappa shape index (κ1) is 11.3. The molecule has 2 aliphatic rings. The summed E-state index contributed by atoms with van der Waals surface area (Å²) in [7, 11) is 0. The zero-order valence-corrected chi connectivity index (χ0v) is 10.2. The molecule has 0 radical (unpaired) electrons. The van der Waals surface area contributed by atoms with Gasteiger partial charge < -0.3 is 10.6 Å².